The minimum atomic E-state index is -5.08. The largest absolute Gasteiger partial charge is 0.490 e. The zero-order valence-corrected chi connectivity index (χ0v) is 16.9. The molecule has 1 spiro atoms. The number of rotatable bonds is 3. The lowest BCUT2D eigenvalue weighted by Crippen LogP contribution is -2.47. The summed E-state index contributed by atoms with van der Waals surface area (Å²) in [6.45, 7) is 2.24. The van der Waals surface area contributed by atoms with Crippen LogP contribution < -0.4 is 0 Å². The lowest BCUT2D eigenvalue weighted by molar-refractivity contribution is -0.192. The van der Waals surface area contributed by atoms with Gasteiger partial charge in [0.05, 0.1) is 18.6 Å². The lowest BCUT2D eigenvalue weighted by atomic mass is 9.87. The molecule has 1 unspecified atom stereocenters. The molecule has 0 aliphatic carbocycles. The number of aliphatic carboxylic acids is 1. The molecule has 1 aromatic rings. The molecule has 0 radical (unpaired) electrons. The molecule has 1 aromatic carbocycles. The summed E-state index contributed by atoms with van der Waals surface area (Å²) < 4.78 is 51.0. The van der Waals surface area contributed by atoms with Crippen LogP contribution in [0.15, 0.2) is 24.3 Å². The Morgan fingerprint density at radius 3 is 2.33 bits per heavy atom. The van der Waals surface area contributed by atoms with Crippen LogP contribution in [-0.4, -0.2) is 78.4 Å². The van der Waals surface area contributed by atoms with Gasteiger partial charge >= 0.3 is 12.1 Å². The van der Waals surface area contributed by atoms with Crippen LogP contribution in [0.2, 0.25) is 0 Å². The van der Waals surface area contributed by atoms with Crippen LogP contribution in [0.25, 0.3) is 0 Å². The first-order chi connectivity index (χ1) is 13.9. The molecular weight excluding hydrogens is 408 g/mol. The van der Waals surface area contributed by atoms with E-state index in [1.807, 2.05) is 4.90 Å². The predicted octanol–water partition coefficient (Wildman–Crippen LogP) is 2.71. The molecule has 1 N–H and O–H groups in total. The van der Waals surface area contributed by atoms with Crippen LogP contribution in [0.1, 0.15) is 24.8 Å². The molecule has 0 saturated carbocycles. The molecule has 2 saturated heterocycles. The third-order valence-corrected chi connectivity index (χ3v) is 5.43. The van der Waals surface area contributed by atoms with Gasteiger partial charge in [0.2, 0.25) is 5.91 Å². The first kappa shape index (κ1) is 24.1. The number of carbonyl (C=O) groups is 2. The van der Waals surface area contributed by atoms with Gasteiger partial charge in [-0.05, 0) is 51.1 Å². The van der Waals surface area contributed by atoms with Crippen molar-refractivity contribution >= 4 is 11.9 Å². The van der Waals surface area contributed by atoms with E-state index in [0.29, 0.717) is 6.04 Å². The fourth-order valence-electron chi connectivity index (χ4n) is 3.60. The van der Waals surface area contributed by atoms with Gasteiger partial charge in [0.15, 0.2) is 0 Å². The first-order valence-electron chi connectivity index (χ1n) is 9.54. The molecule has 168 valence electrons. The van der Waals surface area contributed by atoms with Crippen molar-refractivity contribution in [2.75, 3.05) is 33.8 Å². The second kappa shape index (κ2) is 9.74. The summed E-state index contributed by atoms with van der Waals surface area (Å²) in [5.41, 5.74) is 0.685. The number of hydrogen-bond acceptors (Lipinski definition) is 4. The summed E-state index contributed by atoms with van der Waals surface area (Å²) in [7, 11) is 4.18. The van der Waals surface area contributed by atoms with E-state index in [4.69, 9.17) is 14.6 Å². The van der Waals surface area contributed by atoms with Crippen LogP contribution in [0.5, 0.6) is 0 Å². The number of halogens is 4. The summed E-state index contributed by atoms with van der Waals surface area (Å²) in [6, 6.07) is 6.76. The molecule has 0 bridgehead atoms. The number of alkyl halides is 3. The zero-order chi connectivity index (χ0) is 22.5. The van der Waals surface area contributed by atoms with Crippen molar-refractivity contribution in [2.45, 2.75) is 43.5 Å². The Balaban J connectivity index is 0.000000396. The van der Waals surface area contributed by atoms with Crippen LogP contribution in [0.3, 0.4) is 0 Å². The van der Waals surface area contributed by atoms with Crippen molar-refractivity contribution in [2.24, 2.45) is 0 Å². The van der Waals surface area contributed by atoms with Crippen LogP contribution in [0, 0.1) is 5.82 Å². The molecule has 6 nitrogen and oxygen atoms in total. The number of amides is 1. The Morgan fingerprint density at radius 1 is 1.27 bits per heavy atom. The van der Waals surface area contributed by atoms with Crippen molar-refractivity contribution in [1.82, 2.24) is 9.80 Å². The first-order valence-corrected chi connectivity index (χ1v) is 9.54. The Kier molecular flexibility index (Phi) is 7.81. The number of likely N-dealkylation sites (N-methyl/N-ethyl adjacent to an activating group) is 1. The molecule has 1 atom stereocenters. The normalized spacial score (nSPS) is 20.8. The van der Waals surface area contributed by atoms with Crippen LogP contribution in [-0.2, 0) is 20.7 Å². The molecule has 2 aliphatic rings. The average molecular weight is 434 g/mol. The monoisotopic (exact) mass is 434 g/mol. The standard InChI is InChI=1S/C18H25FN2O2.C2HF3O2/c1-20(2)16-12-18(23-13-16)6-8-21(9-7-18)17(22)11-14-4-3-5-15(19)10-14;3-2(4,5)1(6)7/h3-5,10,16H,6-9,11-13H2,1-2H3;(H,6,7). The smallest absolute Gasteiger partial charge is 0.475 e. The molecule has 2 heterocycles. The Morgan fingerprint density at radius 2 is 1.87 bits per heavy atom. The summed E-state index contributed by atoms with van der Waals surface area (Å²) in [6.07, 6.45) is -1.98. The fraction of sp³-hybridized carbons (Fsp3) is 0.600. The second-order valence-electron chi connectivity index (χ2n) is 7.81. The van der Waals surface area contributed by atoms with Gasteiger partial charge < -0.3 is 19.6 Å². The van der Waals surface area contributed by atoms with E-state index in [0.717, 1.165) is 44.5 Å². The topological polar surface area (TPSA) is 70.1 Å². The number of carbonyl (C=O) groups excluding carboxylic acids is 1. The molecule has 3 rings (SSSR count). The summed E-state index contributed by atoms with van der Waals surface area (Å²) in [5, 5.41) is 7.12. The second-order valence-corrected chi connectivity index (χ2v) is 7.81. The molecule has 0 aromatic heterocycles. The highest BCUT2D eigenvalue weighted by Gasteiger charge is 2.43. The third-order valence-electron chi connectivity index (χ3n) is 5.43. The SMILES string of the molecule is CN(C)C1COC2(CCN(C(=O)Cc3cccc(F)c3)CC2)C1.O=C(O)C(F)(F)F. The van der Waals surface area contributed by atoms with Gasteiger partial charge in [-0.2, -0.15) is 13.2 Å². The van der Waals surface area contributed by atoms with E-state index >= 15 is 0 Å². The number of piperidine rings is 1. The van der Waals surface area contributed by atoms with Gasteiger partial charge in [-0.1, -0.05) is 12.1 Å². The quantitative estimate of drug-likeness (QED) is 0.741. The maximum Gasteiger partial charge on any atom is 0.490 e. The number of benzene rings is 1. The van der Waals surface area contributed by atoms with Gasteiger partial charge in [-0.3, -0.25) is 4.79 Å². The Bertz CT molecular complexity index is 747. The van der Waals surface area contributed by atoms with Crippen molar-refractivity contribution in [1.29, 1.82) is 0 Å². The molecule has 30 heavy (non-hydrogen) atoms. The highest BCUT2D eigenvalue weighted by atomic mass is 19.4. The number of likely N-dealkylation sites (tertiary alicyclic amines) is 1. The van der Waals surface area contributed by atoms with Crippen LogP contribution >= 0.6 is 0 Å². The zero-order valence-electron chi connectivity index (χ0n) is 16.9. The fourth-order valence-corrected chi connectivity index (χ4v) is 3.60. The number of ether oxygens (including phenoxy) is 1. The minimum Gasteiger partial charge on any atom is -0.475 e. The molecule has 1 amide bonds. The molecular formula is C20H26F4N2O4. The average Bonchev–Trinajstić information content (AvgIpc) is 3.06. The van der Waals surface area contributed by atoms with Crippen molar-refractivity contribution in [3.63, 3.8) is 0 Å². The van der Waals surface area contributed by atoms with Gasteiger partial charge in [0.1, 0.15) is 5.82 Å². The van der Waals surface area contributed by atoms with E-state index in [9.17, 15) is 22.4 Å². The van der Waals surface area contributed by atoms with Crippen molar-refractivity contribution in [3.8, 4) is 0 Å². The van der Waals surface area contributed by atoms with E-state index in [1.54, 1.807) is 12.1 Å². The maximum atomic E-state index is 13.2. The van der Waals surface area contributed by atoms with Crippen molar-refractivity contribution in [3.05, 3.63) is 35.6 Å². The minimum absolute atomic E-state index is 0.0510. The predicted molar refractivity (Wildman–Crippen MR) is 100 cm³/mol. The lowest BCUT2D eigenvalue weighted by Gasteiger charge is -2.39. The number of carboxylic acid groups (broad SMARTS) is 1. The third kappa shape index (κ3) is 6.66. The van der Waals surface area contributed by atoms with Gasteiger partial charge in [-0.25, -0.2) is 9.18 Å². The number of nitrogens with zero attached hydrogens (tertiary/aromatic N) is 2. The van der Waals surface area contributed by atoms with Gasteiger partial charge in [0.25, 0.3) is 0 Å². The maximum absolute atomic E-state index is 13.2. The van der Waals surface area contributed by atoms with E-state index in [2.05, 4.69) is 19.0 Å². The summed E-state index contributed by atoms with van der Waals surface area (Å²) >= 11 is 0. The van der Waals surface area contributed by atoms with Gasteiger partial charge in [0, 0.05) is 19.1 Å². The van der Waals surface area contributed by atoms with Crippen LogP contribution in [0.4, 0.5) is 17.6 Å². The van der Waals surface area contributed by atoms with E-state index in [-0.39, 0.29) is 23.7 Å². The molecule has 2 fully saturated rings. The highest BCUT2D eigenvalue weighted by Crippen LogP contribution is 2.37. The Hall–Kier alpha value is -2.20. The Labute approximate surface area is 172 Å². The molecule has 2 aliphatic heterocycles. The number of hydrogen-bond donors (Lipinski definition) is 1. The van der Waals surface area contributed by atoms with E-state index < -0.39 is 12.1 Å². The van der Waals surface area contributed by atoms with Crippen molar-refractivity contribution < 1.29 is 37.0 Å². The highest BCUT2D eigenvalue weighted by molar-refractivity contribution is 5.78. The number of carboxylic acids is 1. The van der Waals surface area contributed by atoms with Gasteiger partial charge in [-0.15, -0.1) is 0 Å². The summed E-state index contributed by atoms with van der Waals surface area (Å²) in [5.74, 6) is -2.97. The summed E-state index contributed by atoms with van der Waals surface area (Å²) in [4.78, 5) is 25.4. The molecule has 10 heteroatoms. The van der Waals surface area contributed by atoms with E-state index in [1.165, 1.54) is 12.1 Å².